The Morgan fingerprint density at radius 1 is 0.938 bits per heavy atom. The van der Waals surface area contributed by atoms with Crippen molar-refractivity contribution in [3.05, 3.63) is 95.1 Å². The molecule has 0 saturated carbocycles. The molecule has 9 nitrogen and oxygen atoms in total. The minimum absolute atomic E-state index is 0.156. The van der Waals surface area contributed by atoms with E-state index in [2.05, 4.69) is 4.90 Å². The van der Waals surface area contributed by atoms with Crippen LogP contribution in [-0.4, -0.2) is 63.3 Å². The number of aliphatic imine (C=N–C) groups is 1. The van der Waals surface area contributed by atoms with Gasteiger partial charge < -0.3 is 24.7 Å². The fraction of sp³-hybridized carbons (Fsp3) is 0.410. The van der Waals surface area contributed by atoms with Gasteiger partial charge in [-0.25, -0.2) is 0 Å². The van der Waals surface area contributed by atoms with Crippen LogP contribution in [0.5, 0.6) is 23.0 Å². The van der Waals surface area contributed by atoms with Crippen molar-refractivity contribution in [3.8, 4) is 23.0 Å². The van der Waals surface area contributed by atoms with Gasteiger partial charge in [0.15, 0.2) is 28.8 Å². The van der Waals surface area contributed by atoms with E-state index in [-0.39, 0.29) is 5.78 Å². The van der Waals surface area contributed by atoms with Crippen molar-refractivity contribution in [2.24, 2.45) is 16.1 Å². The van der Waals surface area contributed by atoms with E-state index in [9.17, 15) is 9.59 Å². The van der Waals surface area contributed by atoms with E-state index in [0.717, 1.165) is 29.5 Å². The first-order valence-corrected chi connectivity index (χ1v) is 16.4. The van der Waals surface area contributed by atoms with Gasteiger partial charge in [0, 0.05) is 24.2 Å². The van der Waals surface area contributed by atoms with E-state index in [1.54, 1.807) is 47.7 Å². The molecule has 4 atom stereocenters. The summed E-state index contributed by atoms with van der Waals surface area (Å²) in [5.74, 6) is 1.74. The van der Waals surface area contributed by atoms with Crippen molar-refractivity contribution in [2.45, 2.75) is 63.6 Å². The highest BCUT2D eigenvalue weighted by atomic mass is 16.5. The highest BCUT2D eigenvalue weighted by Gasteiger charge is 2.68. The molecule has 0 bridgehead atoms. The normalized spacial score (nSPS) is 21.4. The molecule has 2 aliphatic rings. The van der Waals surface area contributed by atoms with Gasteiger partial charge in [-0.3, -0.25) is 19.5 Å². The molecule has 2 heterocycles. The zero-order valence-electron chi connectivity index (χ0n) is 29.0. The Morgan fingerprint density at radius 3 is 2.15 bits per heavy atom. The first-order chi connectivity index (χ1) is 23.1. The largest absolute Gasteiger partial charge is 0.493 e. The Balaban J connectivity index is 1.88. The average molecular weight is 654 g/mol. The average Bonchev–Trinajstić information content (AvgIpc) is 3.56. The highest BCUT2D eigenvalue weighted by Crippen LogP contribution is 2.59. The molecule has 0 aliphatic carbocycles. The minimum Gasteiger partial charge on any atom is -0.493 e. The van der Waals surface area contributed by atoms with Gasteiger partial charge in [0.1, 0.15) is 11.1 Å². The first kappa shape index (κ1) is 34.7. The summed E-state index contributed by atoms with van der Waals surface area (Å²) in [5.41, 5.74) is 6.57. The van der Waals surface area contributed by atoms with E-state index >= 15 is 0 Å². The van der Waals surface area contributed by atoms with Crippen molar-refractivity contribution in [1.29, 1.82) is 0 Å². The van der Waals surface area contributed by atoms with E-state index in [0.29, 0.717) is 47.9 Å². The number of methoxy groups -OCH3 is 4. The topological polar surface area (TPSA) is 113 Å². The molecule has 0 fully saturated rings. The number of ketones is 1. The van der Waals surface area contributed by atoms with Gasteiger partial charge in [-0.2, -0.15) is 0 Å². The fourth-order valence-corrected chi connectivity index (χ4v) is 8.23. The number of nitrogens with two attached hydrogens (primary N) is 1. The van der Waals surface area contributed by atoms with E-state index in [1.807, 2.05) is 80.6 Å². The van der Waals surface area contributed by atoms with Crippen molar-refractivity contribution in [1.82, 2.24) is 4.90 Å². The number of ether oxygens (including phenoxy) is 4. The van der Waals surface area contributed by atoms with Crippen LogP contribution in [-0.2, 0) is 28.0 Å². The lowest BCUT2D eigenvalue weighted by atomic mass is 9.53. The molecule has 254 valence electrons. The Morgan fingerprint density at radius 2 is 1.58 bits per heavy atom. The molecule has 1 amide bonds. The number of carbonyl (C=O) groups is 2. The number of rotatable bonds is 13. The van der Waals surface area contributed by atoms with Crippen molar-refractivity contribution >= 4 is 17.9 Å². The van der Waals surface area contributed by atoms with E-state index in [1.165, 1.54) is 0 Å². The molecule has 0 saturated heterocycles. The van der Waals surface area contributed by atoms with Crippen LogP contribution in [0.25, 0.3) is 0 Å². The van der Waals surface area contributed by atoms with Gasteiger partial charge in [-0.1, -0.05) is 50.2 Å². The first-order valence-electron chi connectivity index (χ1n) is 16.4. The third-order valence-corrected chi connectivity index (χ3v) is 10.7. The number of hydrogen-bond acceptors (Lipinski definition) is 8. The molecule has 2 aliphatic heterocycles. The van der Waals surface area contributed by atoms with E-state index < -0.39 is 28.4 Å². The number of fused-ring (bicyclic) bond motifs is 1. The zero-order valence-corrected chi connectivity index (χ0v) is 29.0. The second-order valence-corrected chi connectivity index (χ2v) is 12.7. The molecule has 0 aromatic heterocycles. The molecular weight excluding hydrogens is 606 g/mol. The number of carbonyl (C=O) groups excluding carboxylic acids is 2. The maximum atomic E-state index is 14.8. The second kappa shape index (κ2) is 13.8. The zero-order chi connectivity index (χ0) is 34.7. The van der Waals surface area contributed by atoms with Gasteiger partial charge in [0.2, 0.25) is 5.91 Å². The summed E-state index contributed by atoms with van der Waals surface area (Å²) in [6, 6.07) is 19.2. The molecule has 0 radical (unpaired) electrons. The fourth-order valence-electron chi connectivity index (χ4n) is 8.23. The summed E-state index contributed by atoms with van der Waals surface area (Å²) in [5, 5.41) is 0. The van der Waals surface area contributed by atoms with Crippen LogP contribution < -0.4 is 24.7 Å². The molecular formula is C39H47N3O6. The van der Waals surface area contributed by atoms with Crippen LogP contribution in [0.4, 0.5) is 0 Å². The van der Waals surface area contributed by atoms with Gasteiger partial charge in [0.05, 0.1) is 28.4 Å². The Labute approximate surface area is 283 Å². The second-order valence-electron chi connectivity index (χ2n) is 12.7. The quantitative estimate of drug-likeness (QED) is 0.240. The van der Waals surface area contributed by atoms with Crippen LogP contribution in [0.3, 0.4) is 0 Å². The Hall–Kier alpha value is -4.63. The van der Waals surface area contributed by atoms with Crippen LogP contribution in [0, 0.1) is 5.41 Å². The molecule has 9 heteroatoms. The molecule has 5 rings (SSSR count). The monoisotopic (exact) mass is 653 g/mol. The summed E-state index contributed by atoms with van der Waals surface area (Å²) in [7, 11) is 6.47. The Kier molecular flexibility index (Phi) is 10.0. The summed E-state index contributed by atoms with van der Waals surface area (Å²) >= 11 is 0. The molecule has 3 aromatic carbocycles. The number of aryl methyl sites for hydroxylation is 1. The predicted octanol–water partition coefficient (Wildman–Crippen LogP) is 6.02. The summed E-state index contributed by atoms with van der Waals surface area (Å²) in [6.45, 7) is 6.06. The number of hydrogen-bond donors (Lipinski definition) is 1. The number of amides is 1. The summed E-state index contributed by atoms with van der Waals surface area (Å²) in [6.07, 6.45) is 7.64. The molecule has 4 unspecified atom stereocenters. The highest BCUT2D eigenvalue weighted by molar-refractivity contribution is 5.98. The SMILES string of the molecule is CCC(C)(C1(C(C)=O)C=CC=N1)C(C(N)=O)(c1ccccc1)N1CCCc2cc(OC)c(OC)cc2C1Cc1ccc(OC)c(OC)c1. The van der Waals surface area contributed by atoms with E-state index in [4.69, 9.17) is 29.7 Å². The van der Waals surface area contributed by atoms with Crippen molar-refractivity contribution < 1.29 is 28.5 Å². The third-order valence-electron chi connectivity index (χ3n) is 10.7. The van der Waals surface area contributed by atoms with Crippen LogP contribution >= 0.6 is 0 Å². The lowest BCUT2D eigenvalue weighted by molar-refractivity contribution is -0.156. The maximum absolute atomic E-state index is 14.8. The van der Waals surface area contributed by atoms with Crippen molar-refractivity contribution in [3.63, 3.8) is 0 Å². The van der Waals surface area contributed by atoms with Crippen LogP contribution in [0.1, 0.15) is 61.9 Å². The number of primary amides is 1. The smallest absolute Gasteiger partial charge is 0.243 e. The lowest BCUT2D eigenvalue weighted by Crippen LogP contribution is -2.71. The molecule has 2 N–H and O–H groups in total. The standard InChI is InChI=1S/C39H47N3O6/c1-8-37(3,38(26(2)43)19-13-20-41-38)39(36(40)44,29-15-10-9-11-16-29)42-21-12-14-28-24-34(47-6)35(48-7)25-30(28)31(42)22-27-17-18-32(45-4)33(23-27)46-5/h9-11,13,15-20,23-25,31H,8,12,14,21-22H2,1-7H3,(H2,40,44). The lowest BCUT2D eigenvalue weighted by Gasteiger charge is -2.59. The molecule has 3 aromatic rings. The van der Waals surface area contributed by atoms with Crippen LogP contribution in [0.2, 0.25) is 0 Å². The number of Topliss-reactive ketones (excluding diaryl/α,β-unsaturated/α-hetero) is 1. The summed E-state index contributed by atoms with van der Waals surface area (Å²) < 4.78 is 22.8. The molecule has 48 heavy (non-hydrogen) atoms. The van der Waals surface area contributed by atoms with Gasteiger partial charge >= 0.3 is 0 Å². The van der Waals surface area contributed by atoms with Crippen LogP contribution in [0.15, 0.2) is 77.8 Å². The molecule has 0 spiro atoms. The predicted molar refractivity (Wildman–Crippen MR) is 187 cm³/mol. The van der Waals surface area contributed by atoms with Crippen molar-refractivity contribution in [2.75, 3.05) is 35.0 Å². The third kappa shape index (κ3) is 5.34. The van der Waals surface area contributed by atoms with Gasteiger partial charge in [0.25, 0.3) is 0 Å². The maximum Gasteiger partial charge on any atom is 0.243 e. The van der Waals surface area contributed by atoms with Gasteiger partial charge in [-0.15, -0.1) is 0 Å². The number of benzene rings is 3. The number of nitrogens with zero attached hydrogens (tertiary/aromatic N) is 2. The minimum atomic E-state index is -1.50. The number of allylic oxidation sites excluding steroid dienone is 1. The summed E-state index contributed by atoms with van der Waals surface area (Å²) in [4.78, 5) is 35.8. The Bertz CT molecular complexity index is 1710. The van der Waals surface area contributed by atoms with Gasteiger partial charge in [-0.05, 0) is 91.3 Å².